The number of imidazole rings is 1. The predicted molar refractivity (Wildman–Crippen MR) is 90.8 cm³/mol. The summed E-state index contributed by atoms with van der Waals surface area (Å²) in [6, 6.07) is 5.83. The van der Waals surface area contributed by atoms with Crippen molar-refractivity contribution in [2.75, 3.05) is 19.7 Å². The fourth-order valence-electron chi connectivity index (χ4n) is 3.13. The molecular formula is C16H19ClN6O. The molecule has 126 valence electrons. The molecule has 4 rings (SSSR count). The summed E-state index contributed by atoms with van der Waals surface area (Å²) < 4.78 is 9.79. The third-order valence-electron chi connectivity index (χ3n) is 4.38. The van der Waals surface area contributed by atoms with Gasteiger partial charge in [-0.3, -0.25) is 9.58 Å². The molecule has 1 aliphatic heterocycles. The number of nitrogens with zero attached hydrogens (tertiary/aromatic N) is 6. The van der Waals surface area contributed by atoms with Crippen molar-refractivity contribution in [3.05, 3.63) is 41.7 Å². The van der Waals surface area contributed by atoms with Crippen LogP contribution < -0.4 is 0 Å². The van der Waals surface area contributed by atoms with Crippen LogP contribution in [0.1, 0.15) is 5.82 Å². The fraction of sp³-hybridized carbons (Fsp3) is 0.438. The van der Waals surface area contributed by atoms with E-state index in [0.717, 1.165) is 43.1 Å². The van der Waals surface area contributed by atoms with Crippen molar-refractivity contribution in [3.8, 4) is 0 Å². The highest BCUT2D eigenvalue weighted by Gasteiger charge is 2.22. The highest BCUT2D eigenvalue weighted by Crippen LogP contribution is 2.21. The van der Waals surface area contributed by atoms with E-state index in [0.29, 0.717) is 11.6 Å². The summed E-state index contributed by atoms with van der Waals surface area (Å²) in [6.07, 6.45) is 3.38. The summed E-state index contributed by atoms with van der Waals surface area (Å²) in [5, 5.41) is 4.86. The number of halogens is 1. The molecule has 0 N–H and O–H groups in total. The van der Waals surface area contributed by atoms with E-state index in [1.54, 1.807) is 12.7 Å². The second-order valence-corrected chi connectivity index (χ2v) is 6.50. The molecule has 0 unspecified atom stereocenters. The summed E-state index contributed by atoms with van der Waals surface area (Å²) in [7, 11) is 2.05. The van der Waals surface area contributed by atoms with Crippen LogP contribution >= 0.6 is 11.6 Å². The van der Waals surface area contributed by atoms with Crippen molar-refractivity contribution in [2.24, 2.45) is 7.05 Å². The summed E-state index contributed by atoms with van der Waals surface area (Å²) in [6.45, 7) is 3.98. The molecule has 1 saturated heterocycles. The maximum absolute atomic E-state index is 6.07. The Morgan fingerprint density at radius 1 is 1.38 bits per heavy atom. The van der Waals surface area contributed by atoms with Crippen LogP contribution in [0.3, 0.4) is 0 Å². The molecule has 3 aromatic rings. The van der Waals surface area contributed by atoms with E-state index in [4.69, 9.17) is 21.3 Å². The van der Waals surface area contributed by atoms with Gasteiger partial charge >= 0.3 is 0 Å². The number of hydrogen-bond donors (Lipinski definition) is 0. The number of morpholine rings is 1. The second-order valence-electron chi connectivity index (χ2n) is 6.07. The molecule has 8 heteroatoms. The van der Waals surface area contributed by atoms with Crippen LogP contribution in [0.15, 0.2) is 30.9 Å². The molecule has 1 fully saturated rings. The Balaban J connectivity index is 1.47. The zero-order valence-electron chi connectivity index (χ0n) is 13.5. The third kappa shape index (κ3) is 3.15. The van der Waals surface area contributed by atoms with Crippen LogP contribution in [-0.2, 0) is 24.9 Å². The average Bonchev–Trinajstić information content (AvgIpc) is 3.17. The van der Waals surface area contributed by atoms with Gasteiger partial charge in [-0.1, -0.05) is 11.6 Å². The highest BCUT2D eigenvalue weighted by molar-refractivity contribution is 6.31. The first-order valence-corrected chi connectivity index (χ1v) is 8.34. The van der Waals surface area contributed by atoms with Crippen molar-refractivity contribution in [1.82, 2.24) is 29.2 Å². The normalized spacial score (nSPS) is 19.2. The second kappa shape index (κ2) is 6.51. The quantitative estimate of drug-likeness (QED) is 0.720. The summed E-state index contributed by atoms with van der Waals surface area (Å²) in [5.41, 5.74) is 2.04. The van der Waals surface area contributed by atoms with Crippen LogP contribution in [0, 0.1) is 0 Å². The van der Waals surface area contributed by atoms with E-state index in [1.165, 1.54) is 0 Å². The SMILES string of the molecule is Cn1c(CN2CCO[C@@H](Cn3cncn3)C2)nc2cc(Cl)ccc21. The largest absolute Gasteiger partial charge is 0.374 e. The van der Waals surface area contributed by atoms with Crippen molar-refractivity contribution in [1.29, 1.82) is 0 Å². The molecule has 0 saturated carbocycles. The Morgan fingerprint density at radius 3 is 3.12 bits per heavy atom. The third-order valence-corrected chi connectivity index (χ3v) is 4.62. The van der Waals surface area contributed by atoms with Crippen molar-refractivity contribution < 1.29 is 4.74 Å². The van der Waals surface area contributed by atoms with E-state index in [-0.39, 0.29) is 6.10 Å². The minimum atomic E-state index is 0.115. The molecule has 24 heavy (non-hydrogen) atoms. The topological polar surface area (TPSA) is 61.0 Å². The molecule has 1 aliphatic rings. The van der Waals surface area contributed by atoms with Gasteiger partial charge in [-0.15, -0.1) is 0 Å². The lowest BCUT2D eigenvalue weighted by molar-refractivity contribution is -0.0411. The molecule has 2 aromatic heterocycles. The van der Waals surface area contributed by atoms with E-state index < -0.39 is 0 Å². The number of hydrogen-bond acceptors (Lipinski definition) is 5. The maximum Gasteiger partial charge on any atom is 0.137 e. The minimum absolute atomic E-state index is 0.115. The standard InChI is InChI=1S/C16H19ClN6O/c1-21-15-3-2-12(17)6-14(15)20-16(21)9-22-4-5-24-13(7-22)8-23-11-18-10-19-23/h2-3,6,10-11,13H,4-5,7-9H2,1H3/t13-/m1/s1. The molecule has 0 aliphatic carbocycles. The number of ether oxygens (including phenoxy) is 1. The van der Waals surface area contributed by atoms with Crippen LogP contribution in [0.2, 0.25) is 5.02 Å². The molecule has 1 atom stereocenters. The Morgan fingerprint density at radius 2 is 2.29 bits per heavy atom. The van der Waals surface area contributed by atoms with Gasteiger partial charge in [-0.05, 0) is 18.2 Å². The summed E-state index contributed by atoms with van der Waals surface area (Å²) in [4.78, 5) is 11.1. The van der Waals surface area contributed by atoms with Gasteiger partial charge in [0.05, 0.1) is 36.8 Å². The van der Waals surface area contributed by atoms with Gasteiger partial charge in [0.15, 0.2) is 0 Å². The zero-order valence-corrected chi connectivity index (χ0v) is 14.2. The first-order chi connectivity index (χ1) is 11.7. The van der Waals surface area contributed by atoms with Crippen LogP contribution in [0.5, 0.6) is 0 Å². The Labute approximate surface area is 144 Å². The van der Waals surface area contributed by atoms with E-state index in [1.807, 2.05) is 29.9 Å². The maximum atomic E-state index is 6.07. The lowest BCUT2D eigenvalue weighted by Crippen LogP contribution is -2.44. The van der Waals surface area contributed by atoms with Crippen LogP contribution in [0.25, 0.3) is 11.0 Å². The molecule has 7 nitrogen and oxygen atoms in total. The summed E-state index contributed by atoms with van der Waals surface area (Å²) >= 11 is 6.07. The average molecular weight is 347 g/mol. The molecule has 0 radical (unpaired) electrons. The fourth-order valence-corrected chi connectivity index (χ4v) is 3.30. The van der Waals surface area contributed by atoms with Crippen molar-refractivity contribution >= 4 is 22.6 Å². The first-order valence-electron chi connectivity index (χ1n) is 7.96. The Hall–Kier alpha value is -1.96. The van der Waals surface area contributed by atoms with Crippen molar-refractivity contribution in [2.45, 2.75) is 19.2 Å². The highest BCUT2D eigenvalue weighted by atomic mass is 35.5. The Kier molecular flexibility index (Phi) is 4.22. The van der Waals surface area contributed by atoms with E-state index in [2.05, 4.69) is 19.5 Å². The molecule has 0 amide bonds. The van der Waals surface area contributed by atoms with E-state index >= 15 is 0 Å². The zero-order chi connectivity index (χ0) is 16.5. The van der Waals surface area contributed by atoms with Gasteiger partial charge in [0.2, 0.25) is 0 Å². The predicted octanol–water partition coefficient (Wildman–Crippen LogP) is 1.72. The first kappa shape index (κ1) is 15.6. The molecular weight excluding hydrogens is 328 g/mol. The number of fused-ring (bicyclic) bond motifs is 1. The molecule has 0 spiro atoms. The molecule has 0 bridgehead atoms. The van der Waals surface area contributed by atoms with E-state index in [9.17, 15) is 0 Å². The van der Waals surface area contributed by atoms with Gasteiger partial charge in [0.1, 0.15) is 18.5 Å². The van der Waals surface area contributed by atoms with Gasteiger partial charge in [0, 0.05) is 25.2 Å². The van der Waals surface area contributed by atoms with Crippen LogP contribution in [0.4, 0.5) is 0 Å². The van der Waals surface area contributed by atoms with Gasteiger partial charge in [-0.2, -0.15) is 5.10 Å². The van der Waals surface area contributed by atoms with Gasteiger partial charge < -0.3 is 9.30 Å². The molecule has 1 aromatic carbocycles. The smallest absolute Gasteiger partial charge is 0.137 e. The summed E-state index contributed by atoms with van der Waals surface area (Å²) in [5.74, 6) is 1.04. The van der Waals surface area contributed by atoms with Crippen LogP contribution in [-0.4, -0.2) is 55.0 Å². The Bertz CT molecular complexity index is 831. The number of benzene rings is 1. The van der Waals surface area contributed by atoms with Gasteiger partial charge in [-0.25, -0.2) is 9.97 Å². The lowest BCUT2D eigenvalue weighted by Gasteiger charge is -2.32. The number of aromatic nitrogens is 5. The van der Waals surface area contributed by atoms with Crippen molar-refractivity contribution in [3.63, 3.8) is 0 Å². The lowest BCUT2D eigenvalue weighted by atomic mass is 10.2. The minimum Gasteiger partial charge on any atom is -0.374 e. The van der Waals surface area contributed by atoms with Gasteiger partial charge in [0.25, 0.3) is 0 Å². The molecule has 3 heterocycles. The monoisotopic (exact) mass is 346 g/mol. The number of rotatable bonds is 4. The number of aryl methyl sites for hydroxylation is 1.